The maximum atomic E-state index is 11.0. The molecule has 0 aromatic carbocycles. The highest BCUT2D eigenvalue weighted by Crippen LogP contribution is 2.29. The number of H-pyrrole nitrogens is 1. The van der Waals surface area contributed by atoms with Crippen LogP contribution in [-0.4, -0.2) is 15.0 Å². The number of thiophene rings is 1. The number of hydrogen-bond acceptors (Lipinski definition) is 5. The van der Waals surface area contributed by atoms with Crippen LogP contribution >= 0.6 is 22.9 Å². The van der Waals surface area contributed by atoms with Crippen LogP contribution in [0.3, 0.4) is 0 Å². The van der Waals surface area contributed by atoms with Crippen molar-refractivity contribution in [2.45, 2.75) is 0 Å². The number of halogens is 1. The predicted octanol–water partition coefficient (Wildman–Crippen LogP) is 1.13. The Hall–Kier alpha value is -1.40. The van der Waals surface area contributed by atoms with Gasteiger partial charge in [0, 0.05) is 0 Å². The summed E-state index contributed by atoms with van der Waals surface area (Å²) in [7, 11) is 0. The van der Waals surface area contributed by atoms with E-state index in [0.717, 1.165) is 0 Å². The van der Waals surface area contributed by atoms with Gasteiger partial charge in [0.1, 0.15) is 0 Å². The van der Waals surface area contributed by atoms with Crippen molar-refractivity contribution >= 4 is 28.9 Å². The Morgan fingerprint density at radius 1 is 1.50 bits per heavy atom. The summed E-state index contributed by atoms with van der Waals surface area (Å²) in [5.41, 5.74) is 4.80. The fourth-order valence-corrected chi connectivity index (χ4v) is 2.06. The number of rotatable bonds is 1. The molecule has 7 heteroatoms. The van der Waals surface area contributed by atoms with Gasteiger partial charge in [0.25, 0.3) is 0 Å². The van der Waals surface area contributed by atoms with Gasteiger partial charge in [0.05, 0.1) is 9.90 Å². The molecule has 0 bridgehead atoms. The summed E-state index contributed by atoms with van der Waals surface area (Å²) >= 11 is 7.24. The molecule has 0 fully saturated rings. The minimum atomic E-state index is -0.531. The van der Waals surface area contributed by atoms with Gasteiger partial charge in [-0.1, -0.05) is 11.6 Å². The second-order valence-corrected chi connectivity index (χ2v) is 3.78. The largest absolute Gasteiger partial charge is 0.368 e. The van der Waals surface area contributed by atoms with Crippen molar-refractivity contribution in [3.8, 4) is 10.7 Å². The van der Waals surface area contributed by atoms with Crippen LogP contribution in [-0.2, 0) is 0 Å². The molecule has 2 aromatic rings. The van der Waals surface area contributed by atoms with E-state index < -0.39 is 5.69 Å². The Kier molecular flexibility index (Phi) is 2.22. The Morgan fingerprint density at radius 2 is 2.29 bits per heavy atom. The fraction of sp³-hybridized carbons (Fsp3) is 0. The van der Waals surface area contributed by atoms with E-state index in [4.69, 9.17) is 17.3 Å². The van der Waals surface area contributed by atoms with Crippen molar-refractivity contribution in [3.63, 3.8) is 0 Å². The molecule has 0 aliphatic carbocycles. The molecule has 0 atom stereocenters. The molecule has 0 radical (unpaired) electrons. The molecule has 0 saturated carbocycles. The van der Waals surface area contributed by atoms with E-state index in [-0.39, 0.29) is 5.95 Å². The van der Waals surface area contributed by atoms with Crippen LogP contribution in [0.15, 0.2) is 16.2 Å². The molecule has 0 aliphatic heterocycles. The molecule has 2 heterocycles. The Bertz CT molecular complexity index is 520. The van der Waals surface area contributed by atoms with E-state index in [2.05, 4.69) is 15.0 Å². The number of nitrogens with zero attached hydrogens (tertiary/aromatic N) is 2. The van der Waals surface area contributed by atoms with E-state index >= 15 is 0 Å². The van der Waals surface area contributed by atoms with Gasteiger partial charge in [0.15, 0.2) is 5.82 Å². The highest BCUT2D eigenvalue weighted by molar-refractivity contribution is 7.14. The van der Waals surface area contributed by atoms with Gasteiger partial charge in [0.2, 0.25) is 5.95 Å². The molecule has 0 aliphatic rings. The van der Waals surface area contributed by atoms with Gasteiger partial charge in [-0.25, -0.2) is 4.79 Å². The molecule has 0 unspecified atom stereocenters. The van der Waals surface area contributed by atoms with E-state index in [9.17, 15) is 4.79 Å². The highest BCUT2D eigenvalue weighted by atomic mass is 35.5. The first-order valence-electron chi connectivity index (χ1n) is 3.64. The summed E-state index contributed by atoms with van der Waals surface area (Å²) in [6.07, 6.45) is 0. The van der Waals surface area contributed by atoms with Crippen molar-refractivity contribution in [2.75, 3.05) is 5.73 Å². The molecule has 0 amide bonds. The molecule has 0 saturated heterocycles. The summed E-state index contributed by atoms with van der Waals surface area (Å²) < 4.78 is 0. The van der Waals surface area contributed by atoms with Crippen LogP contribution in [0.25, 0.3) is 10.7 Å². The fourth-order valence-electron chi connectivity index (χ4n) is 0.971. The number of aromatic nitrogens is 3. The second kappa shape index (κ2) is 3.39. The number of anilines is 1. The first kappa shape index (κ1) is 9.17. The zero-order chi connectivity index (χ0) is 10.1. The van der Waals surface area contributed by atoms with Crippen molar-refractivity contribution in [3.05, 3.63) is 27.0 Å². The Labute approximate surface area is 87.6 Å². The standard InChI is InChI=1S/C7H5ClN4OS/c8-3-1-2-14-4(3)5-10-6(9)12-7(13)11-5/h1-2H,(H3,9,10,11,12,13). The van der Waals surface area contributed by atoms with Gasteiger partial charge in [-0.2, -0.15) is 9.97 Å². The third-order valence-electron chi connectivity index (χ3n) is 1.50. The van der Waals surface area contributed by atoms with Crippen molar-refractivity contribution in [1.82, 2.24) is 15.0 Å². The Morgan fingerprint density at radius 3 is 2.86 bits per heavy atom. The van der Waals surface area contributed by atoms with Crippen LogP contribution in [0.2, 0.25) is 5.02 Å². The minimum absolute atomic E-state index is 0.0618. The molecule has 2 aromatic heterocycles. The number of aromatic amines is 1. The third kappa shape index (κ3) is 1.61. The van der Waals surface area contributed by atoms with E-state index in [1.807, 2.05) is 0 Å². The van der Waals surface area contributed by atoms with Crippen molar-refractivity contribution in [1.29, 1.82) is 0 Å². The molecular weight excluding hydrogens is 224 g/mol. The van der Waals surface area contributed by atoms with Crippen LogP contribution < -0.4 is 11.4 Å². The second-order valence-electron chi connectivity index (χ2n) is 2.46. The quantitative estimate of drug-likeness (QED) is 0.766. The lowest BCUT2D eigenvalue weighted by atomic mass is 10.4. The lowest BCUT2D eigenvalue weighted by Gasteiger charge is -1.97. The first-order chi connectivity index (χ1) is 6.66. The number of hydrogen-bond donors (Lipinski definition) is 2. The van der Waals surface area contributed by atoms with E-state index in [0.29, 0.717) is 15.7 Å². The van der Waals surface area contributed by atoms with Gasteiger partial charge in [-0.15, -0.1) is 11.3 Å². The molecule has 3 N–H and O–H groups in total. The number of nitrogens with one attached hydrogen (secondary N) is 1. The van der Waals surface area contributed by atoms with Gasteiger partial charge in [-0.3, -0.25) is 4.98 Å². The number of nitrogens with two attached hydrogens (primary N) is 1. The SMILES string of the molecule is Nc1nc(-c2sccc2Cl)[nH]c(=O)n1. The van der Waals surface area contributed by atoms with Crippen LogP contribution in [0.5, 0.6) is 0 Å². The lowest BCUT2D eigenvalue weighted by Crippen LogP contribution is -2.15. The molecule has 2 rings (SSSR count). The highest BCUT2D eigenvalue weighted by Gasteiger charge is 2.08. The third-order valence-corrected chi connectivity index (χ3v) is 2.85. The maximum Gasteiger partial charge on any atom is 0.349 e. The molecule has 5 nitrogen and oxygen atoms in total. The average Bonchev–Trinajstić information content (AvgIpc) is 2.49. The lowest BCUT2D eigenvalue weighted by molar-refractivity contribution is 1.01. The summed E-state index contributed by atoms with van der Waals surface area (Å²) in [6, 6.07) is 1.72. The summed E-state index contributed by atoms with van der Waals surface area (Å²) in [5, 5.41) is 2.33. The van der Waals surface area contributed by atoms with Crippen LogP contribution in [0.1, 0.15) is 0 Å². The summed E-state index contributed by atoms with van der Waals surface area (Å²) in [6.45, 7) is 0. The first-order valence-corrected chi connectivity index (χ1v) is 4.90. The van der Waals surface area contributed by atoms with Gasteiger partial charge in [-0.05, 0) is 11.4 Å². The maximum absolute atomic E-state index is 11.0. The Balaban J connectivity index is 2.63. The van der Waals surface area contributed by atoms with Gasteiger partial charge < -0.3 is 5.73 Å². The normalized spacial score (nSPS) is 10.4. The molecule has 14 heavy (non-hydrogen) atoms. The minimum Gasteiger partial charge on any atom is -0.368 e. The van der Waals surface area contributed by atoms with E-state index in [1.165, 1.54) is 11.3 Å². The average molecular weight is 229 g/mol. The van der Waals surface area contributed by atoms with E-state index in [1.54, 1.807) is 11.4 Å². The number of nitrogen functional groups attached to an aromatic ring is 1. The van der Waals surface area contributed by atoms with Crippen molar-refractivity contribution < 1.29 is 0 Å². The molecule has 72 valence electrons. The monoisotopic (exact) mass is 228 g/mol. The zero-order valence-electron chi connectivity index (χ0n) is 6.82. The van der Waals surface area contributed by atoms with Crippen LogP contribution in [0.4, 0.5) is 5.95 Å². The smallest absolute Gasteiger partial charge is 0.349 e. The van der Waals surface area contributed by atoms with Crippen molar-refractivity contribution in [2.24, 2.45) is 0 Å². The predicted molar refractivity (Wildman–Crippen MR) is 55.4 cm³/mol. The topological polar surface area (TPSA) is 84.7 Å². The molecule has 0 spiro atoms. The summed E-state index contributed by atoms with van der Waals surface area (Å²) in [5.74, 6) is 0.288. The summed E-state index contributed by atoms with van der Waals surface area (Å²) in [4.78, 5) is 21.4. The molecular formula is C7H5ClN4OS. The van der Waals surface area contributed by atoms with Crippen LogP contribution in [0, 0.1) is 0 Å². The zero-order valence-corrected chi connectivity index (χ0v) is 8.39. The van der Waals surface area contributed by atoms with Gasteiger partial charge >= 0.3 is 5.69 Å².